The van der Waals surface area contributed by atoms with Crippen molar-refractivity contribution in [1.82, 2.24) is 0 Å². The zero-order valence-electron chi connectivity index (χ0n) is 10.4. The Morgan fingerprint density at radius 1 is 1.11 bits per heavy atom. The number of carboxylic acid groups (broad SMARTS) is 1. The number of nitrogens with one attached hydrogen (secondary N) is 1. The van der Waals surface area contributed by atoms with Gasteiger partial charge in [0.1, 0.15) is 13.9 Å². The molecular formula is C15H14BNO2. The number of rotatable bonds is 5. The van der Waals surface area contributed by atoms with Gasteiger partial charge >= 0.3 is 5.97 Å². The van der Waals surface area contributed by atoms with Crippen LogP contribution in [0, 0.1) is 0 Å². The summed E-state index contributed by atoms with van der Waals surface area (Å²) in [5, 5.41) is 12.3. The fourth-order valence-corrected chi connectivity index (χ4v) is 1.83. The van der Waals surface area contributed by atoms with Crippen LogP contribution in [-0.2, 0) is 11.2 Å². The number of hydrogen-bond donors (Lipinski definition) is 2. The Morgan fingerprint density at radius 2 is 1.74 bits per heavy atom. The fourth-order valence-electron chi connectivity index (χ4n) is 1.83. The van der Waals surface area contributed by atoms with Crippen LogP contribution in [0.15, 0.2) is 54.6 Å². The summed E-state index contributed by atoms with van der Waals surface area (Å²) in [4.78, 5) is 11.3. The lowest BCUT2D eigenvalue weighted by Crippen LogP contribution is -2.31. The maximum atomic E-state index is 11.3. The third-order valence-electron chi connectivity index (χ3n) is 2.83. The standard InChI is InChI=1S/C15H14BNO2/c16-12-6-8-13(9-7-12)17-14(15(18)19)10-11-4-2-1-3-5-11/h1-9,14,17H,10H2,(H,18,19)/t14-/m0/s1. The van der Waals surface area contributed by atoms with Gasteiger partial charge in [0.2, 0.25) is 0 Å². The maximum absolute atomic E-state index is 11.3. The molecule has 0 saturated heterocycles. The largest absolute Gasteiger partial charge is 0.480 e. The molecule has 0 aromatic heterocycles. The van der Waals surface area contributed by atoms with Crippen molar-refractivity contribution in [2.45, 2.75) is 12.5 Å². The summed E-state index contributed by atoms with van der Waals surface area (Å²) in [6.45, 7) is 0. The van der Waals surface area contributed by atoms with Gasteiger partial charge in [-0.25, -0.2) is 4.79 Å². The Balaban J connectivity index is 2.08. The molecule has 0 fully saturated rings. The summed E-state index contributed by atoms with van der Waals surface area (Å²) < 4.78 is 0. The summed E-state index contributed by atoms with van der Waals surface area (Å²) in [5.41, 5.74) is 2.39. The molecule has 0 spiro atoms. The van der Waals surface area contributed by atoms with Crippen LogP contribution in [0.5, 0.6) is 0 Å². The summed E-state index contributed by atoms with van der Waals surface area (Å²) in [5.74, 6) is -0.874. The molecule has 0 heterocycles. The van der Waals surface area contributed by atoms with Crippen LogP contribution in [0.1, 0.15) is 5.56 Å². The highest BCUT2D eigenvalue weighted by Gasteiger charge is 2.17. The normalized spacial score (nSPS) is 11.8. The molecule has 0 aliphatic carbocycles. The number of anilines is 1. The van der Waals surface area contributed by atoms with Crippen molar-refractivity contribution in [2.24, 2.45) is 0 Å². The van der Waals surface area contributed by atoms with Gasteiger partial charge in [0.15, 0.2) is 0 Å². The summed E-state index contributed by atoms with van der Waals surface area (Å²) in [6, 6.07) is 15.9. The van der Waals surface area contributed by atoms with E-state index in [1.807, 2.05) is 30.3 Å². The van der Waals surface area contributed by atoms with Gasteiger partial charge in [-0.1, -0.05) is 47.9 Å². The van der Waals surface area contributed by atoms with Crippen LogP contribution in [0.3, 0.4) is 0 Å². The average molecular weight is 251 g/mol. The van der Waals surface area contributed by atoms with Crippen LogP contribution in [0.2, 0.25) is 0 Å². The quantitative estimate of drug-likeness (QED) is 0.793. The molecule has 2 radical (unpaired) electrons. The lowest BCUT2D eigenvalue weighted by Gasteiger charge is -2.16. The Labute approximate surface area is 113 Å². The van der Waals surface area contributed by atoms with Gasteiger partial charge < -0.3 is 10.4 Å². The molecule has 0 bridgehead atoms. The first kappa shape index (κ1) is 13.2. The summed E-state index contributed by atoms with van der Waals surface area (Å²) >= 11 is 0. The van der Waals surface area contributed by atoms with Crippen molar-refractivity contribution in [2.75, 3.05) is 5.32 Å². The Kier molecular flexibility index (Phi) is 4.24. The van der Waals surface area contributed by atoms with Crippen molar-refractivity contribution in [1.29, 1.82) is 0 Å². The molecule has 0 aliphatic rings. The van der Waals surface area contributed by atoms with Crippen molar-refractivity contribution < 1.29 is 9.90 Å². The lowest BCUT2D eigenvalue weighted by atomic mass is 9.96. The van der Waals surface area contributed by atoms with Gasteiger partial charge in [0.25, 0.3) is 0 Å². The highest BCUT2D eigenvalue weighted by atomic mass is 16.4. The minimum absolute atomic E-state index is 0.431. The van der Waals surface area contributed by atoms with Gasteiger partial charge in [-0.3, -0.25) is 0 Å². The molecule has 2 aromatic carbocycles. The zero-order chi connectivity index (χ0) is 13.7. The van der Waals surface area contributed by atoms with E-state index in [0.717, 1.165) is 11.3 Å². The Hall–Kier alpha value is -2.23. The molecule has 3 nitrogen and oxygen atoms in total. The molecule has 2 aromatic rings. The second-order valence-corrected chi connectivity index (χ2v) is 4.35. The molecule has 4 heteroatoms. The molecule has 2 rings (SSSR count). The number of aliphatic carboxylic acids is 1. The van der Waals surface area contributed by atoms with E-state index in [1.165, 1.54) is 0 Å². The smallest absolute Gasteiger partial charge is 0.326 e. The Bertz CT molecular complexity index is 540. The number of hydrogen-bond acceptors (Lipinski definition) is 2. The summed E-state index contributed by atoms with van der Waals surface area (Å²) in [6.07, 6.45) is 0.431. The molecule has 0 aliphatic heterocycles. The van der Waals surface area contributed by atoms with Crippen LogP contribution in [-0.4, -0.2) is 25.0 Å². The fraction of sp³-hybridized carbons (Fsp3) is 0.133. The third kappa shape index (κ3) is 3.88. The van der Waals surface area contributed by atoms with Gasteiger partial charge in [-0.15, -0.1) is 0 Å². The first-order chi connectivity index (χ1) is 9.15. The van der Waals surface area contributed by atoms with Crippen LogP contribution < -0.4 is 10.8 Å². The molecule has 2 N–H and O–H groups in total. The lowest BCUT2D eigenvalue weighted by molar-refractivity contribution is -0.137. The number of carboxylic acids is 1. The minimum Gasteiger partial charge on any atom is -0.480 e. The van der Waals surface area contributed by atoms with Crippen molar-refractivity contribution in [3.8, 4) is 0 Å². The predicted octanol–water partition coefficient (Wildman–Crippen LogP) is 1.59. The van der Waals surface area contributed by atoms with E-state index in [4.69, 9.17) is 7.85 Å². The Morgan fingerprint density at radius 3 is 2.32 bits per heavy atom. The summed E-state index contributed by atoms with van der Waals surface area (Å²) in [7, 11) is 5.60. The molecule has 0 saturated carbocycles. The van der Waals surface area contributed by atoms with Gasteiger partial charge in [0, 0.05) is 12.1 Å². The second kappa shape index (κ2) is 6.09. The van der Waals surface area contributed by atoms with E-state index in [0.29, 0.717) is 11.9 Å². The van der Waals surface area contributed by atoms with E-state index in [1.54, 1.807) is 24.3 Å². The first-order valence-electron chi connectivity index (χ1n) is 6.04. The monoisotopic (exact) mass is 251 g/mol. The molecule has 0 amide bonds. The van der Waals surface area contributed by atoms with E-state index in [-0.39, 0.29) is 0 Å². The van der Waals surface area contributed by atoms with Gasteiger partial charge in [-0.05, 0) is 17.7 Å². The van der Waals surface area contributed by atoms with Crippen LogP contribution >= 0.6 is 0 Å². The molecule has 0 unspecified atom stereocenters. The van der Waals surface area contributed by atoms with Gasteiger partial charge in [-0.2, -0.15) is 0 Å². The molecular weight excluding hydrogens is 237 g/mol. The molecule has 94 valence electrons. The second-order valence-electron chi connectivity index (χ2n) is 4.35. The van der Waals surface area contributed by atoms with Crippen molar-refractivity contribution in [3.05, 3.63) is 60.2 Å². The topological polar surface area (TPSA) is 49.3 Å². The predicted molar refractivity (Wildman–Crippen MR) is 77.0 cm³/mol. The van der Waals surface area contributed by atoms with Crippen molar-refractivity contribution >= 4 is 25.0 Å². The van der Waals surface area contributed by atoms with E-state index in [9.17, 15) is 9.90 Å². The van der Waals surface area contributed by atoms with Crippen LogP contribution in [0.4, 0.5) is 5.69 Å². The maximum Gasteiger partial charge on any atom is 0.326 e. The number of carbonyl (C=O) groups is 1. The zero-order valence-corrected chi connectivity index (χ0v) is 10.4. The minimum atomic E-state index is -0.874. The third-order valence-corrected chi connectivity index (χ3v) is 2.83. The van der Waals surface area contributed by atoms with Crippen molar-refractivity contribution in [3.63, 3.8) is 0 Å². The van der Waals surface area contributed by atoms with Crippen LogP contribution in [0.25, 0.3) is 0 Å². The highest BCUT2D eigenvalue weighted by molar-refractivity contribution is 6.32. The first-order valence-corrected chi connectivity index (χ1v) is 6.04. The molecule has 1 atom stereocenters. The SMILES string of the molecule is [B]c1ccc(N[C@@H](Cc2ccccc2)C(=O)O)cc1. The highest BCUT2D eigenvalue weighted by Crippen LogP contribution is 2.10. The van der Waals surface area contributed by atoms with E-state index in [2.05, 4.69) is 5.32 Å². The van der Waals surface area contributed by atoms with Gasteiger partial charge in [0.05, 0.1) is 0 Å². The van der Waals surface area contributed by atoms with E-state index < -0.39 is 12.0 Å². The molecule has 19 heavy (non-hydrogen) atoms. The average Bonchev–Trinajstić information content (AvgIpc) is 2.41. The number of benzene rings is 2. The van der Waals surface area contributed by atoms with E-state index >= 15 is 0 Å².